The molecule has 7 heteroatoms. The highest BCUT2D eigenvalue weighted by Crippen LogP contribution is 2.28. The van der Waals surface area contributed by atoms with E-state index in [1.54, 1.807) is 11.6 Å². The molecule has 1 aliphatic rings. The van der Waals surface area contributed by atoms with Crippen molar-refractivity contribution < 1.29 is 14.3 Å². The first-order valence-corrected chi connectivity index (χ1v) is 10.6. The summed E-state index contributed by atoms with van der Waals surface area (Å²) in [7, 11) is 1.65. The summed E-state index contributed by atoms with van der Waals surface area (Å²) in [6.45, 7) is 3.48. The number of nitrogens with zero attached hydrogens (tertiary/aromatic N) is 4. The molecule has 1 aliphatic heterocycles. The fourth-order valence-corrected chi connectivity index (χ4v) is 3.98. The quantitative estimate of drug-likeness (QED) is 0.493. The Kier molecular flexibility index (Phi) is 5.33. The van der Waals surface area contributed by atoms with Gasteiger partial charge in [-0.25, -0.2) is 4.52 Å². The standard InChI is InChI=1S/C25H24N4O3/c1-17-3-5-19(6-4-17)25(30)28-13-14-32-23(16-28)24-22-12-9-20(15-29(22)27-26-24)18-7-10-21(31-2)11-8-18/h3-12,15,23H,13-14,16H2,1-2H3. The Morgan fingerprint density at radius 1 is 1.03 bits per heavy atom. The van der Waals surface area contributed by atoms with Crippen molar-refractivity contribution in [3.63, 3.8) is 0 Å². The number of amides is 1. The highest BCUT2D eigenvalue weighted by molar-refractivity contribution is 5.94. The first-order chi connectivity index (χ1) is 15.6. The summed E-state index contributed by atoms with van der Waals surface area (Å²) in [4.78, 5) is 14.8. The third-order valence-corrected chi connectivity index (χ3v) is 5.82. The predicted octanol–water partition coefficient (Wildman–Crippen LogP) is 3.93. The maximum Gasteiger partial charge on any atom is 0.254 e. The summed E-state index contributed by atoms with van der Waals surface area (Å²) in [5.41, 5.74) is 5.52. The van der Waals surface area contributed by atoms with E-state index in [-0.39, 0.29) is 12.0 Å². The van der Waals surface area contributed by atoms with Gasteiger partial charge < -0.3 is 14.4 Å². The van der Waals surface area contributed by atoms with Crippen molar-refractivity contribution in [2.45, 2.75) is 13.0 Å². The van der Waals surface area contributed by atoms with Crippen molar-refractivity contribution in [3.8, 4) is 16.9 Å². The lowest BCUT2D eigenvalue weighted by atomic mass is 10.1. The maximum atomic E-state index is 13.0. The number of aryl methyl sites for hydroxylation is 1. The minimum absolute atomic E-state index is 0.0107. The number of hydrogen-bond donors (Lipinski definition) is 0. The number of methoxy groups -OCH3 is 1. The van der Waals surface area contributed by atoms with Crippen molar-refractivity contribution >= 4 is 11.4 Å². The van der Waals surface area contributed by atoms with Crippen molar-refractivity contribution in [2.24, 2.45) is 0 Å². The lowest BCUT2D eigenvalue weighted by Crippen LogP contribution is -2.42. The van der Waals surface area contributed by atoms with E-state index < -0.39 is 0 Å². The van der Waals surface area contributed by atoms with Gasteiger partial charge in [-0.15, -0.1) is 5.10 Å². The Morgan fingerprint density at radius 3 is 2.53 bits per heavy atom. The van der Waals surface area contributed by atoms with E-state index in [0.29, 0.717) is 25.3 Å². The second kappa shape index (κ2) is 8.43. The summed E-state index contributed by atoms with van der Waals surface area (Å²) >= 11 is 0. The third-order valence-electron chi connectivity index (χ3n) is 5.82. The highest BCUT2D eigenvalue weighted by Gasteiger charge is 2.29. The van der Waals surface area contributed by atoms with Crippen LogP contribution in [0.5, 0.6) is 5.75 Å². The predicted molar refractivity (Wildman–Crippen MR) is 121 cm³/mol. The topological polar surface area (TPSA) is 69.0 Å². The Morgan fingerprint density at radius 2 is 1.78 bits per heavy atom. The number of benzene rings is 2. The summed E-state index contributed by atoms with van der Waals surface area (Å²) in [5, 5.41) is 8.70. The molecule has 7 nitrogen and oxygen atoms in total. The van der Waals surface area contributed by atoms with Crippen LogP contribution >= 0.6 is 0 Å². The molecule has 1 atom stereocenters. The zero-order chi connectivity index (χ0) is 22.1. The van der Waals surface area contributed by atoms with Crippen LogP contribution in [0.1, 0.15) is 27.7 Å². The van der Waals surface area contributed by atoms with E-state index in [0.717, 1.165) is 33.7 Å². The van der Waals surface area contributed by atoms with Gasteiger partial charge >= 0.3 is 0 Å². The molecule has 5 rings (SSSR count). The SMILES string of the molecule is COc1ccc(-c2ccc3c(C4CN(C(=O)c5ccc(C)cc5)CCO4)nnn3c2)cc1. The first kappa shape index (κ1) is 20.2. The number of ether oxygens (including phenoxy) is 2. The molecule has 2 aromatic heterocycles. The van der Waals surface area contributed by atoms with Crippen LogP contribution in [0.15, 0.2) is 66.9 Å². The van der Waals surface area contributed by atoms with Gasteiger partial charge in [0.2, 0.25) is 0 Å². The van der Waals surface area contributed by atoms with Crippen LogP contribution in [-0.2, 0) is 4.74 Å². The fraction of sp³-hybridized carbons (Fsp3) is 0.240. The second-order valence-electron chi connectivity index (χ2n) is 7.93. The van der Waals surface area contributed by atoms with Gasteiger partial charge in [0.25, 0.3) is 5.91 Å². The van der Waals surface area contributed by atoms with Crippen LogP contribution in [0.25, 0.3) is 16.6 Å². The first-order valence-electron chi connectivity index (χ1n) is 10.6. The number of pyridine rings is 1. The fourth-order valence-electron chi connectivity index (χ4n) is 3.98. The number of fused-ring (bicyclic) bond motifs is 1. The molecule has 0 bridgehead atoms. The zero-order valence-corrected chi connectivity index (χ0v) is 18.1. The van der Waals surface area contributed by atoms with Gasteiger partial charge in [0.1, 0.15) is 17.5 Å². The van der Waals surface area contributed by atoms with E-state index in [9.17, 15) is 4.79 Å². The Labute approximate surface area is 186 Å². The zero-order valence-electron chi connectivity index (χ0n) is 18.1. The molecule has 0 aliphatic carbocycles. The van der Waals surface area contributed by atoms with E-state index >= 15 is 0 Å². The van der Waals surface area contributed by atoms with Gasteiger partial charge in [-0.2, -0.15) is 0 Å². The molecule has 1 amide bonds. The lowest BCUT2D eigenvalue weighted by molar-refractivity contribution is -0.0241. The molecule has 1 fully saturated rings. The highest BCUT2D eigenvalue weighted by atomic mass is 16.5. The molecule has 0 spiro atoms. The summed E-state index contributed by atoms with van der Waals surface area (Å²) < 4.78 is 13.0. The Bertz CT molecular complexity index is 1250. The monoisotopic (exact) mass is 428 g/mol. The number of morpholine rings is 1. The number of aromatic nitrogens is 3. The van der Waals surface area contributed by atoms with E-state index in [1.807, 2.05) is 78.7 Å². The van der Waals surface area contributed by atoms with E-state index in [4.69, 9.17) is 9.47 Å². The number of carbonyl (C=O) groups is 1. The van der Waals surface area contributed by atoms with Gasteiger partial charge in [-0.05, 0) is 42.8 Å². The lowest BCUT2D eigenvalue weighted by Gasteiger charge is -2.32. The molecule has 1 saturated heterocycles. The van der Waals surface area contributed by atoms with E-state index in [1.165, 1.54) is 0 Å². The van der Waals surface area contributed by atoms with Crippen molar-refractivity contribution in [3.05, 3.63) is 83.7 Å². The minimum Gasteiger partial charge on any atom is -0.497 e. The molecule has 0 saturated carbocycles. The number of hydrogen-bond acceptors (Lipinski definition) is 5. The van der Waals surface area contributed by atoms with Crippen LogP contribution in [0, 0.1) is 6.92 Å². The summed E-state index contributed by atoms with van der Waals surface area (Å²) in [6.07, 6.45) is 1.63. The molecular formula is C25H24N4O3. The van der Waals surface area contributed by atoms with Crippen molar-refractivity contribution in [2.75, 3.05) is 26.8 Å². The van der Waals surface area contributed by atoms with Crippen molar-refractivity contribution in [1.29, 1.82) is 0 Å². The number of carbonyl (C=O) groups excluding carboxylic acids is 1. The molecule has 0 radical (unpaired) electrons. The Balaban J connectivity index is 1.38. The molecule has 4 aromatic rings. The van der Waals surface area contributed by atoms with Gasteiger partial charge in [0.05, 0.1) is 25.8 Å². The van der Waals surface area contributed by atoms with Gasteiger partial charge in [-0.3, -0.25) is 4.79 Å². The van der Waals surface area contributed by atoms with Gasteiger partial charge in [-0.1, -0.05) is 41.1 Å². The summed E-state index contributed by atoms with van der Waals surface area (Å²) in [5.74, 6) is 0.827. The normalized spacial score (nSPS) is 16.3. The van der Waals surface area contributed by atoms with Crippen LogP contribution in [0.3, 0.4) is 0 Å². The number of rotatable bonds is 4. The largest absolute Gasteiger partial charge is 0.497 e. The van der Waals surface area contributed by atoms with Crippen LogP contribution in [0.4, 0.5) is 0 Å². The second-order valence-corrected chi connectivity index (χ2v) is 7.93. The molecule has 162 valence electrons. The maximum absolute atomic E-state index is 13.0. The molecule has 32 heavy (non-hydrogen) atoms. The van der Waals surface area contributed by atoms with Crippen LogP contribution < -0.4 is 4.74 Å². The average Bonchev–Trinajstić information content (AvgIpc) is 3.27. The molecule has 1 unspecified atom stereocenters. The van der Waals surface area contributed by atoms with Gasteiger partial charge in [0, 0.05) is 23.9 Å². The molecule has 2 aromatic carbocycles. The average molecular weight is 428 g/mol. The van der Waals surface area contributed by atoms with Crippen molar-refractivity contribution in [1.82, 2.24) is 19.7 Å². The molecule has 3 heterocycles. The smallest absolute Gasteiger partial charge is 0.254 e. The minimum atomic E-state index is -0.317. The third kappa shape index (κ3) is 3.83. The van der Waals surface area contributed by atoms with Crippen LogP contribution in [0.2, 0.25) is 0 Å². The Hall–Kier alpha value is -3.71. The van der Waals surface area contributed by atoms with E-state index in [2.05, 4.69) is 10.3 Å². The van der Waals surface area contributed by atoms with Crippen LogP contribution in [-0.4, -0.2) is 52.4 Å². The summed E-state index contributed by atoms with van der Waals surface area (Å²) in [6, 6.07) is 19.6. The molecule has 0 N–H and O–H groups in total. The van der Waals surface area contributed by atoms with Gasteiger partial charge in [0.15, 0.2) is 0 Å². The molecular weight excluding hydrogens is 404 g/mol.